The lowest BCUT2D eigenvalue weighted by molar-refractivity contribution is 0.317. The second kappa shape index (κ2) is 5.51. The molecule has 1 aromatic carbocycles. The van der Waals surface area contributed by atoms with Crippen molar-refractivity contribution < 1.29 is 13.2 Å². The molecule has 0 N–H and O–H groups in total. The Labute approximate surface area is 98.5 Å². The van der Waals surface area contributed by atoms with Crippen molar-refractivity contribution in [2.75, 3.05) is 18.6 Å². The highest BCUT2D eigenvalue weighted by molar-refractivity contribution is 9.10. The minimum absolute atomic E-state index is 0.168. The van der Waals surface area contributed by atoms with Crippen LogP contribution in [-0.2, 0) is 9.84 Å². The van der Waals surface area contributed by atoms with Crippen molar-refractivity contribution in [3.05, 3.63) is 28.7 Å². The van der Waals surface area contributed by atoms with Crippen LogP contribution in [0, 0.1) is 0 Å². The van der Waals surface area contributed by atoms with Gasteiger partial charge in [-0.15, -0.1) is 0 Å². The SMILES string of the molecule is CS(=O)(=O)CCCOc1cccc(Br)c1. The van der Waals surface area contributed by atoms with Crippen LogP contribution in [0.2, 0.25) is 0 Å². The molecular formula is C10H13BrO3S. The Morgan fingerprint density at radius 2 is 2.13 bits per heavy atom. The van der Waals surface area contributed by atoms with Gasteiger partial charge in [-0.1, -0.05) is 22.0 Å². The van der Waals surface area contributed by atoms with E-state index in [9.17, 15) is 8.42 Å². The fourth-order valence-electron chi connectivity index (χ4n) is 1.07. The van der Waals surface area contributed by atoms with Crippen LogP contribution >= 0.6 is 15.9 Å². The molecule has 0 aliphatic rings. The summed E-state index contributed by atoms with van der Waals surface area (Å²) in [5, 5.41) is 0. The molecule has 1 aromatic rings. The van der Waals surface area contributed by atoms with Crippen LogP contribution < -0.4 is 4.74 Å². The fraction of sp³-hybridized carbons (Fsp3) is 0.400. The molecule has 5 heteroatoms. The Balaban J connectivity index is 2.32. The van der Waals surface area contributed by atoms with E-state index in [2.05, 4.69) is 15.9 Å². The van der Waals surface area contributed by atoms with Crippen LogP contribution in [-0.4, -0.2) is 27.0 Å². The molecule has 0 aliphatic carbocycles. The van der Waals surface area contributed by atoms with E-state index < -0.39 is 9.84 Å². The summed E-state index contributed by atoms with van der Waals surface area (Å²) in [6, 6.07) is 7.46. The maximum atomic E-state index is 10.8. The first-order valence-electron chi connectivity index (χ1n) is 4.53. The van der Waals surface area contributed by atoms with Crippen molar-refractivity contribution in [3.63, 3.8) is 0 Å². The van der Waals surface area contributed by atoms with Gasteiger partial charge in [-0.2, -0.15) is 0 Å². The Hall–Kier alpha value is -0.550. The molecule has 84 valence electrons. The minimum Gasteiger partial charge on any atom is -0.494 e. The average Bonchev–Trinajstić information content (AvgIpc) is 2.11. The maximum Gasteiger partial charge on any atom is 0.147 e. The molecule has 0 bridgehead atoms. The van der Waals surface area contributed by atoms with E-state index in [1.54, 1.807) is 0 Å². The van der Waals surface area contributed by atoms with Crippen molar-refractivity contribution in [1.29, 1.82) is 0 Å². The van der Waals surface area contributed by atoms with Gasteiger partial charge in [0.05, 0.1) is 12.4 Å². The highest BCUT2D eigenvalue weighted by Gasteiger charge is 2.01. The van der Waals surface area contributed by atoms with E-state index in [4.69, 9.17) is 4.74 Å². The number of halogens is 1. The lowest BCUT2D eigenvalue weighted by Gasteiger charge is -2.05. The molecule has 0 saturated carbocycles. The van der Waals surface area contributed by atoms with Crippen molar-refractivity contribution in [2.24, 2.45) is 0 Å². The van der Waals surface area contributed by atoms with Crippen molar-refractivity contribution >= 4 is 25.8 Å². The van der Waals surface area contributed by atoms with E-state index in [0.29, 0.717) is 13.0 Å². The van der Waals surface area contributed by atoms with Gasteiger partial charge in [-0.3, -0.25) is 0 Å². The smallest absolute Gasteiger partial charge is 0.147 e. The molecule has 0 unspecified atom stereocenters. The lowest BCUT2D eigenvalue weighted by Crippen LogP contribution is -2.07. The number of sulfone groups is 1. The van der Waals surface area contributed by atoms with E-state index in [-0.39, 0.29) is 5.75 Å². The number of hydrogen-bond donors (Lipinski definition) is 0. The largest absolute Gasteiger partial charge is 0.494 e. The maximum absolute atomic E-state index is 10.8. The molecule has 0 saturated heterocycles. The third kappa shape index (κ3) is 5.79. The van der Waals surface area contributed by atoms with Gasteiger partial charge in [0, 0.05) is 10.7 Å². The first-order valence-corrected chi connectivity index (χ1v) is 7.39. The van der Waals surface area contributed by atoms with Gasteiger partial charge in [0.1, 0.15) is 15.6 Å². The topological polar surface area (TPSA) is 43.4 Å². The molecule has 0 amide bonds. The Bertz CT molecular complexity index is 414. The van der Waals surface area contributed by atoms with Gasteiger partial charge in [-0.25, -0.2) is 8.42 Å². The zero-order chi connectivity index (χ0) is 11.3. The summed E-state index contributed by atoms with van der Waals surface area (Å²) in [4.78, 5) is 0. The summed E-state index contributed by atoms with van der Waals surface area (Å²) in [5.74, 6) is 0.916. The molecule has 0 aromatic heterocycles. The molecule has 15 heavy (non-hydrogen) atoms. The van der Waals surface area contributed by atoms with E-state index in [1.165, 1.54) is 6.26 Å². The summed E-state index contributed by atoms with van der Waals surface area (Å²) in [6.45, 7) is 0.420. The predicted molar refractivity (Wildman–Crippen MR) is 64.0 cm³/mol. The third-order valence-corrected chi connectivity index (χ3v) is 3.25. The monoisotopic (exact) mass is 292 g/mol. The first-order chi connectivity index (χ1) is 6.97. The standard InChI is InChI=1S/C10H13BrO3S/c1-15(12,13)7-3-6-14-10-5-2-4-9(11)8-10/h2,4-5,8H,3,6-7H2,1H3. The third-order valence-electron chi connectivity index (χ3n) is 1.72. The molecule has 3 nitrogen and oxygen atoms in total. The van der Waals surface area contributed by atoms with Crippen molar-refractivity contribution in [2.45, 2.75) is 6.42 Å². The summed E-state index contributed by atoms with van der Waals surface area (Å²) in [6.07, 6.45) is 1.75. The molecule has 0 fully saturated rings. The summed E-state index contributed by atoms with van der Waals surface area (Å²) < 4.78 is 28.0. The average molecular weight is 293 g/mol. The Morgan fingerprint density at radius 3 is 2.73 bits per heavy atom. The van der Waals surface area contributed by atoms with Crippen molar-refractivity contribution in [1.82, 2.24) is 0 Å². The Morgan fingerprint density at radius 1 is 1.40 bits per heavy atom. The van der Waals surface area contributed by atoms with Crippen LogP contribution in [0.5, 0.6) is 5.75 Å². The van der Waals surface area contributed by atoms with Gasteiger partial charge in [0.2, 0.25) is 0 Å². The normalized spacial score (nSPS) is 11.3. The molecule has 0 spiro atoms. The highest BCUT2D eigenvalue weighted by atomic mass is 79.9. The number of hydrogen-bond acceptors (Lipinski definition) is 3. The number of rotatable bonds is 5. The van der Waals surface area contributed by atoms with Gasteiger partial charge >= 0.3 is 0 Å². The summed E-state index contributed by atoms with van der Waals surface area (Å²) >= 11 is 3.33. The lowest BCUT2D eigenvalue weighted by atomic mass is 10.3. The van der Waals surface area contributed by atoms with Crippen LogP contribution in [0.4, 0.5) is 0 Å². The van der Waals surface area contributed by atoms with Gasteiger partial charge in [-0.05, 0) is 24.6 Å². The van der Waals surface area contributed by atoms with Crippen LogP contribution in [0.15, 0.2) is 28.7 Å². The van der Waals surface area contributed by atoms with Crippen molar-refractivity contribution in [3.8, 4) is 5.75 Å². The van der Waals surface area contributed by atoms with E-state index in [0.717, 1.165) is 10.2 Å². The number of benzene rings is 1. The molecule has 1 rings (SSSR count). The predicted octanol–water partition coefficient (Wildman–Crippen LogP) is 2.26. The van der Waals surface area contributed by atoms with Crippen LogP contribution in [0.3, 0.4) is 0 Å². The second-order valence-electron chi connectivity index (χ2n) is 3.29. The zero-order valence-electron chi connectivity index (χ0n) is 8.44. The number of ether oxygens (including phenoxy) is 1. The summed E-state index contributed by atoms with van der Waals surface area (Å²) in [7, 11) is -2.88. The van der Waals surface area contributed by atoms with Gasteiger partial charge < -0.3 is 4.74 Å². The van der Waals surface area contributed by atoms with E-state index >= 15 is 0 Å². The first kappa shape index (κ1) is 12.5. The van der Waals surface area contributed by atoms with Gasteiger partial charge in [0.15, 0.2) is 0 Å². The molecule has 0 aliphatic heterocycles. The molecular weight excluding hydrogens is 280 g/mol. The van der Waals surface area contributed by atoms with E-state index in [1.807, 2.05) is 24.3 Å². The molecule has 0 heterocycles. The van der Waals surface area contributed by atoms with Crippen LogP contribution in [0.25, 0.3) is 0 Å². The molecule has 0 atom stereocenters. The fourth-order valence-corrected chi connectivity index (χ4v) is 2.09. The second-order valence-corrected chi connectivity index (χ2v) is 6.46. The highest BCUT2D eigenvalue weighted by Crippen LogP contribution is 2.17. The quantitative estimate of drug-likeness (QED) is 0.782. The van der Waals surface area contributed by atoms with Crippen LogP contribution in [0.1, 0.15) is 6.42 Å². The molecule has 0 radical (unpaired) electrons. The Kier molecular flexibility index (Phi) is 4.60. The van der Waals surface area contributed by atoms with Gasteiger partial charge in [0.25, 0.3) is 0 Å². The zero-order valence-corrected chi connectivity index (χ0v) is 10.8. The summed E-state index contributed by atoms with van der Waals surface area (Å²) in [5.41, 5.74) is 0. The minimum atomic E-state index is -2.88.